The molecule has 0 bridgehead atoms. The van der Waals surface area contributed by atoms with Crippen molar-refractivity contribution in [3.05, 3.63) is 29.8 Å². The number of nitrogens with zero attached hydrogens (tertiary/aromatic N) is 2. The van der Waals surface area contributed by atoms with E-state index in [0.717, 1.165) is 37.2 Å². The van der Waals surface area contributed by atoms with Gasteiger partial charge in [0.2, 0.25) is 0 Å². The van der Waals surface area contributed by atoms with Crippen LogP contribution in [-0.2, 0) is 0 Å². The molecule has 3 heteroatoms. The van der Waals surface area contributed by atoms with Crippen LogP contribution in [0.4, 0.5) is 5.69 Å². The van der Waals surface area contributed by atoms with Gasteiger partial charge >= 0.3 is 0 Å². The Morgan fingerprint density at radius 3 is 2.84 bits per heavy atom. The van der Waals surface area contributed by atoms with Gasteiger partial charge in [0.25, 0.3) is 0 Å². The topological polar surface area (TPSA) is 44.1 Å². The van der Waals surface area contributed by atoms with E-state index in [9.17, 15) is 4.79 Å². The number of carbonyl (C=O) groups is 1. The van der Waals surface area contributed by atoms with Gasteiger partial charge in [-0.15, -0.1) is 0 Å². The van der Waals surface area contributed by atoms with Crippen molar-refractivity contribution in [1.82, 2.24) is 0 Å². The Bertz CT molecular complexity index is 514. The maximum Gasteiger partial charge on any atom is 0.165 e. The van der Waals surface area contributed by atoms with Crippen molar-refractivity contribution in [1.29, 1.82) is 5.26 Å². The molecule has 0 aliphatic carbocycles. The minimum Gasteiger partial charge on any atom is -0.371 e. The SMILES string of the molecule is CC(C)(C#N)CCN1CCCC(=O)c2ccccc21. The summed E-state index contributed by atoms with van der Waals surface area (Å²) in [4.78, 5) is 14.3. The average molecular weight is 256 g/mol. The van der Waals surface area contributed by atoms with Gasteiger partial charge in [0, 0.05) is 30.8 Å². The third-order valence-corrected chi connectivity index (χ3v) is 3.69. The molecule has 1 aliphatic rings. The van der Waals surface area contributed by atoms with Crippen molar-refractivity contribution < 1.29 is 4.79 Å². The summed E-state index contributed by atoms with van der Waals surface area (Å²) in [5.41, 5.74) is 1.54. The van der Waals surface area contributed by atoms with Crippen molar-refractivity contribution in [3.63, 3.8) is 0 Å². The minimum absolute atomic E-state index is 0.234. The molecule has 1 aliphatic heterocycles. The molecular formula is C16H20N2O. The molecule has 0 saturated heterocycles. The van der Waals surface area contributed by atoms with Crippen molar-refractivity contribution >= 4 is 11.5 Å². The Morgan fingerprint density at radius 1 is 1.37 bits per heavy atom. The standard InChI is InChI=1S/C16H20N2O/c1-16(2,12-17)9-11-18-10-5-8-15(19)13-6-3-4-7-14(13)18/h3-4,6-7H,5,8-11H2,1-2H3. The van der Waals surface area contributed by atoms with Crippen LogP contribution in [-0.4, -0.2) is 18.9 Å². The zero-order chi connectivity index (χ0) is 13.9. The van der Waals surface area contributed by atoms with E-state index in [-0.39, 0.29) is 11.2 Å². The van der Waals surface area contributed by atoms with Gasteiger partial charge in [-0.25, -0.2) is 0 Å². The van der Waals surface area contributed by atoms with Crippen molar-refractivity contribution in [2.75, 3.05) is 18.0 Å². The molecule has 0 atom stereocenters. The van der Waals surface area contributed by atoms with Gasteiger partial charge in [-0.3, -0.25) is 4.79 Å². The second kappa shape index (κ2) is 5.44. The fraction of sp³-hybridized carbons (Fsp3) is 0.500. The number of benzene rings is 1. The number of rotatable bonds is 3. The van der Waals surface area contributed by atoms with Crippen LogP contribution in [0.15, 0.2) is 24.3 Å². The Labute approximate surface area is 114 Å². The van der Waals surface area contributed by atoms with Gasteiger partial charge in [0.15, 0.2) is 5.78 Å². The highest BCUT2D eigenvalue weighted by molar-refractivity contribution is 6.01. The van der Waals surface area contributed by atoms with Crippen molar-refractivity contribution in [3.8, 4) is 6.07 Å². The summed E-state index contributed by atoms with van der Waals surface area (Å²) < 4.78 is 0. The fourth-order valence-corrected chi connectivity index (χ4v) is 2.37. The molecule has 0 spiro atoms. The van der Waals surface area contributed by atoms with Crippen LogP contribution < -0.4 is 4.90 Å². The molecule has 100 valence electrons. The molecule has 0 aromatic heterocycles. The van der Waals surface area contributed by atoms with Gasteiger partial charge in [0.1, 0.15) is 0 Å². The zero-order valence-electron chi connectivity index (χ0n) is 11.6. The molecule has 0 saturated carbocycles. The van der Waals surface area contributed by atoms with Crippen molar-refractivity contribution in [2.45, 2.75) is 33.1 Å². The number of ketones is 1. The Kier molecular flexibility index (Phi) is 3.90. The summed E-state index contributed by atoms with van der Waals surface area (Å²) in [6, 6.07) is 10.1. The second-order valence-electron chi connectivity index (χ2n) is 5.78. The lowest BCUT2D eigenvalue weighted by molar-refractivity contribution is 0.0984. The van der Waals surface area contributed by atoms with Crippen LogP contribution in [0.1, 0.15) is 43.5 Å². The van der Waals surface area contributed by atoms with E-state index in [0.29, 0.717) is 6.42 Å². The number of fused-ring (bicyclic) bond motifs is 1. The Balaban J connectivity index is 2.20. The fourth-order valence-electron chi connectivity index (χ4n) is 2.37. The summed E-state index contributed by atoms with van der Waals surface area (Å²) in [5.74, 6) is 0.234. The van der Waals surface area contributed by atoms with Crippen LogP contribution in [0.25, 0.3) is 0 Å². The van der Waals surface area contributed by atoms with E-state index in [1.54, 1.807) is 0 Å². The van der Waals surface area contributed by atoms with E-state index in [1.807, 2.05) is 38.1 Å². The summed E-state index contributed by atoms with van der Waals surface area (Å²) in [6.07, 6.45) is 2.32. The molecular weight excluding hydrogens is 236 g/mol. The smallest absolute Gasteiger partial charge is 0.165 e. The summed E-state index contributed by atoms with van der Waals surface area (Å²) in [5, 5.41) is 9.09. The molecule has 0 amide bonds. The molecule has 0 radical (unpaired) electrons. The highest BCUT2D eigenvalue weighted by Gasteiger charge is 2.23. The first-order valence-electron chi connectivity index (χ1n) is 6.82. The Morgan fingerprint density at radius 2 is 2.11 bits per heavy atom. The third-order valence-electron chi connectivity index (χ3n) is 3.69. The Hall–Kier alpha value is -1.82. The first-order chi connectivity index (χ1) is 9.03. The molecule has 2 rings (SSSR count). The maximum absolute atomic E-state index is 12.0. The largest absolute Gasteiger partial charge is 0.371 e. The predicted molar refractivity (Wildman–Crippen MR) is 76.2 cm³/mol. The number of para-hydroxylation sites is 1. The summed E-state index contributed by atoms with van der Waals surface area (Å²) >= 11 is 0. The highest BCUT2D eigenvalue weighted by atomic mass is 16.1. The number of hydrogen-bond donors (Lipinski definition) is 0. The number of Topliss-reactive ketones (excluding diaryl/α,β-unsaturated/α-hetero) is 1. The van der Waals surface area contributed by atoms with Gasteiger partial charge in [-0.1, -0.05) is 12.1 Å². The lowest BCUT2D eigenvalue weighted by Gasteiger charge is -2.27. The number of hydrogen-bond acceptors (Lipinski definition) is 3. The van der Waals surface area contributed by atoms with E-state index in [4.69, 9.17) is 5.26 Å². The maximum atomic E-state index is 12.0. The molecule has 1 aromatic rings. The molecule has 0 fully saturated rings. The number of carbonyl (C=O) groups excluding carboxylic acids is 1. The van der Waals surface area contributed by atoms with Crippen LogP contribution in [0.5, 0.6) is 0 Å². The normalized spacial score (nSPS) is 15.6. The van der Waals surface area contributed by atoms with E-state index in [1.165, 1.54) is 0 Å². The van der Waals surface area contributed by atoms with Crippen LogP contribution in [0, 0.1) is 16.7 Å². The quantitative estimate of drug-likeness (QED) is 0.832. The van der Waals surface area contributed by atoms with Gasteiger partial charge in [-0.2, -0.15) is 5.26 Å². The first kappa shape index (κ1) is 13.6. The van der Waals surface area contributed by atoms with Gasteiger partial charge in [-0.05, 0) is 38.8 Å². The molecule has 1 aromatic carbocycles. The lowest BCUT2D eigenvalue weighted by Crippen LogP contribution is -2.28. The van der Waals surface area contributed by atoms with Crippen LogP contribution >= 0.6 is 0 Å². The minimum atomic E-state index is -0.314. The molecule has 1 heterocycles. The first-order valence-corrected chi connectivity index (χ1v) is 6.82. The van der Waals surface area contributed by atoms with E-state index < -0.39 is 0 Å². The monoisotopic (exact) mass is 256 g/mol. The average Bonchev–Trinajstić information content (AvgIpc) is 2.57. The number of nitriles is 1. The molecule has 0 N–H and O–H groups in total. The van der Waals surface area contributed by atoms with Crippen molar-refractivity contribution in [2.24, 2.45) is 5.41 Å². The lowest BCUT2D eigenvalue weighted by atomic mass is 9.91. The van der Waals surface area contributed by atoms with Gasteiger partial charge in [0.05, 0.1) is 11.5 Å². The van der Waals surface area contributed by atoms with Gasteiger partial charge < -0.3 is 4.90 Å². The summed E-state index contributed by atoms with van der Waals surface area (Å²) in [7, 11) is 0. The molecule has 3 nitrogen and oxygen atoms in total. The summed E-state index contributed by atoms with van der Waals surface area (Å²) in [6.45, 7) is 5.64. The zero-order valence-corrected chi connectivity index (χ0v) is 11.6. The third kappa shape index (κ3) is 3.14. The predicted octanol–water partition coefficient (Wildman–Crippen LogP) is 3.41. The second-order valence-corrected chi connectivity index (χ2v) is 5.78. The number of anilines is 1. The van der Waals surface area contributed by atoms with E-state index >= 15 is 0 Å². The molecule has 0 unspecified atom stereocenters. The molecule has 19 heavy (non-hydrogen) atoms. The van der Waals surface area contributed by atoms with Crippen LogP contribution in [0.3, 0.4) is 0 Å². The van der Waals surface area contributed by atoms with E-state index in [2.05, 4.69) is 11.0 Å². The van der Waals surface area contributed by atoms with Crippen LogP contribution in [0.2, 0.25) is 0 Å². The highest BCUT2D eigenvalue weighted by Crippen LogP contribution is 2.28.